The fourth-order valence-electron chi connectivity index (χ4n) is 3.18. The van der Waals surface area contributed by atoms with E-state index in [0.717, 1.165) is 56.3 Å². The van der Waals surface area contributed by atoms with E-state index in [0.29, 0.717) is 12.1 Å². The zero-order valence-electron chi connectivity index (χ0n) is 15.8. The maximum Gasteiger partial charge on any atom is 0.253 e. The van der Waals surface area contributed by atoms with Crippen LogP contribution in [0.1, 0.15) is 16.8 Å². The predicted molar refractivity (Wildman–Crippen MR) is 109 cm³/mol. The number of methoxy groups -OCH3 is 1. The van der Waals surface area contributed by atoms with Gasteiger partial charge in [-0.25, -0.2) is 0 Å². The first-order valence-corrected chi connectivity index (χ1v) is 9.47. The molecule has 6 heteroatoms. The number of piperazine rings is 1. The van der Waals surface area contributed by atoms with Gasteiger partial charge in [0.15, 0.2) is 0 Å². The van der Waals surface area contributed by atoms with Gasteiger partial charge in [0.1, 0.15) is 5.75 Å². The fourth-order valence-corrected chi connectivity index (χ4v) is 3.18. The summed E-state index contributed by atoms with van der Waals surface area (Å²) in [6.45, 7) is 5.97. The van der Waals surface area contributed by atoms with Gasteiger partial charge in [-0.3, -0.25) is 4.79 Å². The molecule has 0 spiro atoms. The molecule has 1 saturated heterocycles. The normalized spacial score (nSPS) is 14.6. The van der Waals surface area contributed by atoms with E-state index in [1.165, 1.54) is 0 Å². The number of para-hydroxylation sites is 1. The highest BCUT2D eigenvalue weighted by molar-refractivity contribution is 6.00. The zero-order valence-corrected chi connectivity index (χ0v) is 15.8. The van der Waals surface area contributed by atoms with Crippen molar-refractivity contribution in [3.63, 3.8) is 0 Å². The number of rotatable bonds is 8. The minimum atomic E-state index is -0.0543. The molecule has 0 radical (unpaired) electrons. The molecule has 0 saturated carbocycles. The van der Waals surface area contributed by atoms with Gasteiger partial charge in [0.05, 0.1) is 18.4 Å². The molecule has 2 aromatic rings. The Labute approximate surface area is 160 Å². The van der Waals surface area contributed by atoms with E-state index < -0.39 is 0 Å². The van der Waals surface area contributed by atoms with Gasteiger partial charge < -0.3 is 25.6 Å². The van der Waals surface area contributed by atoms with Gasteiger partial charge in [0, 0.05) is 44.5 Å². The second-order valence-corrected chi connectivity index (χ2v) is 6.60. The molecule has 6 nitrogen and oxygen atoms in total. The van der Waals surface area contributed by atoms with Crippen LogP contribution in [-0.2, 0) is 0 Å². The summed E-state index contributed by atoms with van der Waals surface area (Å²) >= 11 is 0. The Morgan fingerprint density at radius 2 is 1.96 bits per heavy atom. The summed E-state index contributed by atoms with van der Waals surface area (Å²) in [7, 11) is 1.64. The van der Waals surface area contributed by atoms with E-state index in [2.05, 4.69) is 20.9 Å². The Morgan fingerprint density at radius 1 is 1.15 bits per heavy atom. The lowest BCUT2D eigenvalue weighted by molar-refractivity contribution is 0.0952. The molecule has 1 aliphatic heterocycles. The average Bonchev–Trinajstić information content (AvgIpc) is 2.72. The molecule has 0 aliphatic carbocycles. The molecule has 3 N–H and O–H groups in total. The van der Waals surface area contributed by atoms with Gasteiger partial charge in [0.25, 0.3) is 5.91 Å². The fraction of sp³-hybridized carbons (Fsp3) is 0.381. The van der Waals surface area contributed by atoms with E-state index in [4.69, 9.17) is 4.74 Å². The van der Waals surface area contributed by atoms with Crippen molar-refractivity contribution in [1.82, 2.24) is 15.5 Å². The first-order chi connectivity index (χ1) is 13.3. The van der Waals surface area contributed by atoms with Crippen molar-refractivity contribution in [1.29, 1.82) is 0 Å². The quantitative estimate of drug-likeness (QED) is 0.625. The Kier molecular flexibility index (Phi) is 7.07. The van der Waals surface area contributed by atoms with E-state index in [-0.39, 0.29) is 5.91 Å². The van der Waals surface area contributed by atoms with Gasteiger partial charge in [-0.15, -0.1) is 0 Å². The summed E-state index contributed by atoms with van der Waals surface area (Å²) in [5.41, 5.74) is 2.31. The lowest BCUT2D eigenvalue weighted by Crippen LogP contribution is -2.44. The highest BCUT2D eigenvalue weighted by atomic mass is 16.5. The third-order valence-electron chi connectivity index (χ3n) is 4.67. The van der Waals surface area contributed by atoms with Crippen molar-refractivity contribution in [2.45, 2.75) is 6.42 Å². The van der Waals surface area contributed by atoms with Crippen LogP contribution in [0.4, 0.5) is 11.4 Å². The number of benzene rings is 2. The van der Waals surface area contributed by atoms with Gasteiger partial charge >= 0.3 is 0 Å². The largest absolute Gasteiger partial charge is 0.497 e. The van der Waals surface area contributed by atoms with Crippen molar-refractivity contribution >= 4 is 17.3 Å². The van der Waals surface area contributed by atoms with E-state index in [9.17, 15) is 4.79 Å². The smallest absolute Gasteiger partial charge is 0.253 e. The summed E-state index contributed by atoms with van der Waals surface area (Å²) in [6.07, 6.45) is 0.956. The molecule has 3 rings (SSSR count). The Bertz CT molecular complexity index is 744. The van der Waals surface area contributed by atoms with Gasteiger partial charge in [0.2, 0.25) is 0 Å². The van der Waals surface area contributed by atoms with Crippen LogP contribution in [0, 0.1) is 0 Å². The number of hydrogen-bond donors (Lipinski definition) is 3. The molecular weight excluding hydrogens is 340 g/mol. The van der Waals surface area contributed by atoms with Crippen molar-refractivity contribution < 1.29 is 9.53 Å². The predicted octanol–water partition coefficient (Wildman–Crippen LogP) is 2.46. The number of nitrogens with zero attached hydrogens (tertiary/aromatic N) is 1. The van der Waals surface area contributed by atoms with Crippen LogP contribution < -0.4 is 20.7 Å². The molecule has 0 unspecified atom stereocenters. The number of carbonyl (C=O) groups excluding carboxylic acids is 1. The van der Waals surface area contributed by atoms with Crippen molar-refractivity contribution in [3.8, 4) is 5.75 Å². The SMILES string of the molecule is COc1cccc(Nc2ccccc2C(=O)NCCCN2CCNCC2)c1. The second kappa shape index (κ2) is 9.94. The van der Waals surface area contributed by atoms with Crippen LogP contribution in [0.2, 0.25) is 0 Å². The number of anilines is 2. The van der Waals surface area contributed by atoms with E-state index in [1.54, 1.807) is 7.11 Å². The van der Waals surface area contributed by atoms with Crippen molar-refractivity contribution in [3.05, 3.63) is 54.1 Å². The molecule has 144 valence electrons. The van der Waals surface area contributed by atoms with Gasteiger partial charge in [-0.2, -0.15) is 0 Å². The summed E-state index contributed by atoms with van der Waals surface area (Å²) in [5, 5.41) is 9.71. The highest BCUT2D eigenvalue weighted by Gasteiger charge is 2.12. The van der Waals surface area contributed by atoms with Crippen molar-refractivity contribution in [2.75, 3.05) is 51.7 Å². The number of hydrogen-bond acceptors (Lipinski definition) is 5. The van der Waals surface area contributed by atoms with Crippen LogP contribution in [-0.4, -0.2) is 57.2 Å². The lowest BCUT2D eigenvalue weighted by atomic mass is 10.1. The zero-order chi connectivity index (χ0) is 18.9. The van der Waals surface area contributed by atoms with Crippen LogP contribution in [0.15, 0.2) is 48.5 Å². The topological polar surface area (TPSA) is 65.6 Å². The summed E-state index contributed by atoms with van der Waals surface area (Å²) in [6, 6.07) is 15.2. The molecule has 1 aliphatic rings. The standard InChI is InChI=1S/C21H28N4O2/c1-27-18-7-4-6-17(16-18)24-20-9-3-2-8-19(20)21(26)23-10-5-13-25-14-11-22-12-15-25/h2-4,6-9,16,22,24H,5,10-15H2,1H3,(H,23,26). The molecule has 0 aromatic heterocycles. The molecular formula is C21H28N4O2. The lowest BCUT2D eigenvalue weighted by Gasteiger charge is -2.27. The minimum absolute atomic E-state index is 0.0543. The van der Waals surface area contributed by atoms with Crippen molar-refractivity contribution in [2.24, 2.45) is 0 Å². The highest BCUT2D eigenvalue weighted by Crippen LogP contribution is 2.23. The number of amides is 1. The third-order valence-corrected chi connectivity index (χ3v) is 4.67. The molecule has 0 bridgehead atoms. The van der Waals surface area contributed by atoms with Crippen LogP contribution >= 0.6 is 0 Å². The summed E-state index contributed by atoms with van der Waals surface area (Å²) in [4.78, 5) is 15.1. The summed E-state index contributed by atoms with van der Waals surface area (Å²) in [5.74, 6) is 0.719. The monoisotopic (exact) mass is 368 g/mol. The Morgan fingerprint density at radius 3 is 2.78 bits per heavy atom. The molecule has 1 amide bonds. The maximum absolute atomic E-state index is 12.6. The van der Waals surface area contributed by atoms with E-state index >= 15 is 0 Å². The second-order valence-electron chi connectivity index (χ2n) is 6.60. The van der Waals surface area contributed by atoms with Crippen LogP contribution in [0.25, 0.3) is 0 Å². The van der Waals surface area contributed by atoms with E-state index in [1.807, 2.05) is 48.5 Å². The molecule has 27 heavy (non-hydrogen) atoms. The maximum atomic E-state index is 12.6. The van der Waals surface area contributed by atoms with Gasteiger partial charge in [-0.05, 0) is 37.2 Å². The number of carbonyl (C=O) groups is 1. The Balaban J connectivity index is 1.55. The average molecular weight is 368 g/mol. The first kappa shape index (κ1) is 19.2. The first-order valence-electron chi connectivity index (χ1n) is 9.47. The number of nitrogens with one attached hydrogen (secondary N) is 3. The minimum Gasteiger partial charge on any atom is -0.497 e. The van der Waals surface area contributed by atoms with Gasteiger partial charge in [-0.1, -0.05) is 18.2 Å². The van der Waals surface area contributed by atoms with Crippen LogP contribution in [0.3, 0.4) is 0 Å². The number of ether oxygens (including phenoxy) is 1. The van der Waals surface area contributed by atoms with Crippen LogP contribution in [0.5, 0.6) is 5.75 Å². The molecule has 0 atom stereocenters. The molecule has 2 aromatic carbocycles. The Hall–Kier alpha value is -2.57. The third kappa shape index (κ3) is 5.70. The molecule has 1 heterocycles. The molecule has 1 fully saturated rings. The summed E-state index contributed by atoms with van der Waals surface area (Å²) < 4.78 is 5.26.